The van der Waals surface area contributed by atoms with Crippen LogP contribution in [-0.4, -0.2) is 48.9 Å². The van der Waals surface area contributed by atoms with Crippen LogP contribution in [0.1, 0.15) is 25.1 Å². The number of rotatable bonds is 4. The Morgan fingerprint density at radius 1 is 1.11 bits per heavy atom. The third-order valence-corrected chi connectivity index (χ3v) is 7.00. The molecule has 8 heteroatoms. The molecule has 3 rings (SSSR count). The Labute approximate surface area is 165 Å². The quantitative estimate of drug-likeness (QED) is 0.778. The van der Waals surface area contributed by atoms with Crippen molar-refractivity contribution in [3.8, 4) is 0 Å². The Bertz CT molecular complexity index is 950. The fourth-order valence-corrected chi connectivity index (χ4v) is 4.75. The van der Waals surface area contributed by atoms with Gasteiger partial charge < -0.3 is 4.90 Å². The van der Waals surface area contributed by atoms with E-state index in [-0.39, 0.29) is 4.90 Å². The van der Waals surface area contributed by atoms with Gasteiger partial charge in [0.1, 0.15) is 12.1 Å². The fourth-order valence-electron chi connectivity index (χ4n) is 3.20. The summed E-state index contributed by atoms with van der Waals surface area (Å²) in [6, 6.07) is 6.29. The van der Waals surface area contributed by atoms with Gasteiger partial charge in [-0.05, 0) is 50.6 Å². The Hall–Kier alpha value is -1.96. The zero-order valence-electron chi connectivity index (χ0n) is 15.7. The van der Waals surface area contributed by atoms with Crippen molar-refractivity contribution in [3.63, 3.8) is 0 Å². The highest BCUT2D eigenvalue weighted by Gasteiger charge is 2.30. The van der Waals surface area contributed by atoms with Crippen LogP contribution in [0.25, 0.3) is 5.57 Å². The lowest BCUT2D eigenvalue weighted by Crippen LogP contribution is -2.49. The van der Waals surface area contributed by atoms with Gasteiger partial charge in [0.25, 0.3) is 0 Å². The lowest BCUT2D eigenvalue weighted by atomic mass is 10.1. The molecule has 144 valence electrons. The van der Waals surface area contributed by atoms with Crippen LogP contribution < -0.4 is 4.90 Å². The van der Waals surface area contributed by atoms with Crippen molar-refractivity contribution in [3.05, 3.63) is 52.9 Å². The van der Waals surface area contributed by atoms with E-state index in [9.17, 15) is 8.42 Å². The normalized spacial score (nSPS) is 16.6. The van der Waals surface area contributed by atoms with Crippen LogP contribution in [0.2, 0.25) is 5.02 Å². The SMILES string of the molecule is C/C=C(/C)c1c(C)ncnc1N1CCN(S(=O)(=O)c2ccc(Cl)cc2)CC1. The number of hydrogen-bond donors (Lipinski definition) is 0. The van der Waals surface area contributed by atoms with Crippen molar-refractivity contribution >= 4 is 33.0 Å². The molecule has 0 atom stereocenters. The van der Waals surface area contributed by atoms with E-state index in [1.165, 1.54) is 4.31 Å². The van der Waals surface area contributed by atoms with Gasteiger partial charge in [-0.25, -0.2) is 18.4 Å². The van der Waals surface area contributed by atoms with Gasteiger partial charge in [-0.1, -0.05) is 17.7 Å². The van der Waals surface area contributed by atoms with Crippen molar-refractivity contribution < 1.29 is 8.42 Å². The highest BCUT2D eigenvalue weighted by Crippen LogP contribution is 2.28. The first-order valence-electron chi connectivity index (χ1n) is 8.80. The summed E-state index contributed by atoms with van der Waals surface area (Å²) in [7, 11) is -3.52. The smallest absolute Gasteiger partial charge is 0.243 e. The lowest BCUT2D eigenvalue weighted by Gasteiger charge is -2.35. The first kappa shape index (κ1) is 19.8. The molecule has 2 heterocycles. The number of hydrogen-bond acceptors (Lipinski definition) is 5. The molecule has 0 aliphatic carbocycles. The van der Waals surface area contributed by atoms with Gasteiger partial charge >= 0.3 is 0 Å². The number of piperazine rings is 1. The summed E-state index contributed by atoms with van der Waals surface area (Å²) in [5, 5.41) is 0.518. The molecule has 0 radical (unpaired) electrons. The zero-order valence-corrected chi connectivity index (χ0v) is 17.3. The number of benzene rings is 1. The average Bonchev–Trinajstić information content (AvgIpc) is 2.67. The number of aryl methyl sites for hydroxylation is 1. The van der Waals surface area contributed by atoms with Gasteiger partial charge in [0.2, 0.25) is 10.0 Å². The van der Waals surface area contributed by atoms with Crippen molar-refractivity contribution in [2.75, 3.05) is 31.1 Å². The molecule has 27 heavy (non-hydrogen) atoms. The molecule has 1 aliphatic rings. The minimum Gasteiger partial charge on any atom is -0.353 e. The molecule has 0 unspecified atom stereocenters. The zero-order chi connectivity index (χ0) is 19.6. The summed E-state index contributed by atoms with van der Waals surface area (Å²) >= 11 is 5.87. The van der Waals surface area contributed by atoms with E-state index in [1.54, 1.807) is 30.6 Å². The summed E-state index contributed by atoms with van der Waals surface area (Å²) in [4.78, 5) is 11.2. The highest BCUT2D eigenvalue weighted by atomic mass is 35.5. The van der Waals surface area contributed by atoms with Crippen molar-refractivity contribution in [2.45, 2.75) is 25.7 Å². The van der Waals surface area contributed by atoms with Crippen molar-refractivity contribution in [2.24, 2.45) is 0 Å². The maximum atomic E-state index is 12.8. The monoisotopic (exact) mass is 406 g/mol. The second-order valence-electron chi connectivity index (χ2n) is 6.47. The molecular formula is C19H23ClN4O2S. The van der Waals surface area contributed by atoms with Gasteiger partial charge in [-0.2, -0.15) is 4.31 Å². The van der Waals surface area contributed by atoms with E-state index in [4.69, 9.17) is 11.6 Å². The molecule has 1 fully saturated rings. The predicted molar refractivity (Wildman–Crippen MR) is 109 cm³/mol. The van der Waals surface area contributed by atoms with Crippen LogP contribution >= 0.6 is 11.6 Å². The summed E-state index contributed by atoms with van der Waals surface area (Å²) in [5.41, 5.74) is 3.06. The van der Waals surface area contributed by atoms with Crippen molar-refractivity contribution in [1.82, 2.24) is 14.3 Å². The van der Waals surface area contributed by atoms with Gasteiger partial charge in [0.15, 0.2) is 0 Å². The number of sulfonamides is 1. The van der Waals surface area contributed by atoms with E-state index < -0.39 is 10.0 Å². The minimum absolute atomic E-state index is 0.267. The van der Waals surface area contributed by atoms with E-state index in [1.807, 2.05) is 26.8 Å². The van der Waals surface area contributed by atoms with E-state index >= 15 is 0 Å². The Kier molecular flexibility index (Phi) is 5.83. The summed E-state index contributed by atoms with van der Waals surface area (Å²) < 4.78 is 27.2. The molecule has 0 saturated carbocycles. The molecule has 0 N–H and O–H groups in total. The van der Waals surface area contributed by atoms with Gasteiger partial charge in [-0.15, -0.1) is 0 Å². The van der Waals surface area contributed by atoms with Gasteiger partial charge in [-0.3, -0.25) is 0 Å². The molecule has 0 amide bonds. The molecule has 2 aromatic rings. The largest absolute Gasteiger partial charge is 0.353 e. The molecule has 1 saturated heterocycles. The minimum atomic E-state index is -3.52. The Morgan fingerprint density at radius 2 is 1.74 bits per heavy atom. The molecule has 1 aliphatic heterocycles. The summed E-state index contributed by atoms with van der Waals surface area (Å²) in [6.07, 6.45) is 3.60. The predicted octanol–water partition coefficient (Wildman–Crippen LogP) is 3.37. The lowest BCUT2D eigenvalue weighted by molar-refractivity contribution is 0.383. The molecular weight excluding hydrogens is 384 g/mol. The second kappa shape index (κ2) is 7.96. The number of aromatic nitrogens is 2. The topological polar surface area (TPSA) is 66.4 Å². The third-order valence-electron chi connectivity index (χ3n) is 4.83. The Morgan fingerprint density at radius 3 is 2.33 bits per heavy atom. The van der Waals surface area contributed by atoms with Crippen LogP contribution in [0, 0.1) is 6.92 Å². The number of nitrogens with zero attached hydrogens (tertiary/aromatic N) is 4. The van der Waals surface area contributed by atoms with Crippen LogP contribution in [-0.2, 0) is 10.0 Å². The average molecular weight is 407 g/mol. The van der Waals surface area contributed by atoms with Crippen LogP contribution in [0.5, 0.6) is 0 Å². The summed E-state index contributed by atoms with van der Waals surface area (Å²) in [5.74, 6) is 0.863. The standard InChI is InChI=1S/C19H23ClN4O2S/c1-4-14(2)18-15(3)21-13-22-19(18)23-9-11-24(12-10-23)27(25,26)17-7-5-16(20)6-8-17/h4-8,13H,9-12H2,1-3H3/b14-4-. The number of halogens is 1. The van der Waals surface area contributed by atoms with E-state index in [0.717, 1.165) is 22.6 Å². The van der Waals surface area contributed by atoms with Crippen LogP contribution in [0.15, 0.2) is 41.6 Å². The van der Waals surface area contributed by atoms with Gasteiger partial charge in [0, 0.05) is 36.8 Å². The first-order valence-corrected chi connectivity index (χ1v) is 10.6. The highest BCUT2D eigenvalue weighted by molar-refractivity contribution is 7.89. The van der Waals surface area contributed by atoms with Crippen LogP contribution in [0.4, 0.5) is 5.82 Å². The van der Waals surface area contributed by atoms with Crippen LogP contribution in [0.3, 0.4) is 0 Å². The van der Waals surface area contributed by atoms with E-state index in [2.05, 4.69) is 14.9 Å². The van der Waals surface area contributed by atoms with E-state index in [0.29, 0.717) is 31.2 Å². The number of anilines is 1. The fraction of sp³-hybridized carbons (Fsp3) is 0.368. The van der Waals surface area contributed by atoms with Crippen molar-refractivity contribution in [1.29, 1.82) is 0 Å². The first-order chi connectivity index (χ1) is 12.8. The molecule has 1 aromatic heterocycles. The molecule has 0 spiro atoms. The maximum absolute atomic E-state index is 12.8. The summed E-state index contributed by atoms with van der Waals surface area (Å²) in [6.45, 7) is 7.96. The second-order valence-corrected chi connectivity index (χ2v) is 8.85. The maximum Gasteiger partial charge on any atom is 0.243 e. The third kappa shape index (κ3) is 4.00. The molecule has 0 bridgehead atoms. The Balaban J connectivity index is 1.80. The molecule has 1 aromatic carbocycles. The molecule has 6 nitrogen and oxygen atoms in total. The van der Waals surface area contributed by atoms with Gasteiger partial charge in [0.05, 0.1) is 10.6 Å². The number of allylic oxidation sites excluding steroid dienone is 2.